The largest absolute Gasteiger partial charge is 0.459 e. The molecule has 40 heavy (non-hydrogen) atoms. The molecule has 0 fully saturated rings. The number of carbonyl (C=O) groups excluding carboxylic acids is 3. The maximum absolute atomic E-state index is 12.8. The molecule has 0 spiro atoms. The molecule has 0 aromatic heterocycles. The van der Waals surface area contributed by atoms with E-state index in [9.17, 15) is 24.5 Å². The summed E-state index contributed by atoms with van der Waals surface area (Å²) in [6, 6.07) is 23.0. The topological polar surface area (TPSA) is 146 Å². The van der Waals surface area contributed by atoms with Crippen molar-refractivity contribution in [3.8, 4) is 0 Å². The van der Waals surface area contributed by atoms with Crippen LogP contribution in [-0.4, -0.2) is 35.7 Å². The van der Waals surface area contributed by atoms with E-state index in [-0.39, 0.29) is 31.9 Å². The standard InChI is InChI=1S/C29H31N3O8/c33-27(38-19-24-14-16-25(17-15-24)32(36)37)26(31-29(35)40-21-23-11-5-2-6-12-23)13-7-8-18-30-28(34)39-20-22-9-3-1-4-10-22/h1-6,9-12,14-17,26H,7-8,13,18-21H2,(H,30,34)(H,31,35)/t26-/m1/s1. The molecule has 0 radical (unpaired) electrons. The van der Waals surface area contributed by atoms with Gasteiger partial charge in [0.2, 0.25) is 0 Å². The van der Waals surface area contributed by atoms with Gasteiger partial charge in [-0.25, -0.2) is 14.4 Å². The lowest BCUT2D eigenvalue weighted by atomic mass is 10.1. The second-order valence-corrected chi connectivity index (χ2v) is 8.77. The molecule has 0 aliphatic rings. The average Bonchev–Trinajstić information content (AvgIpc) is 2.98. The zero-order valence-corrected chi connectivity index (χ0v) is 21.8. The van der Waals surface area contributed by atoms with E-state index >= 15 is 0 Å². The van der Waals surface area contributed by atoms with Crippen molar-refractivity contribution in [1.82, 2.24) is 10.6 Å². The molecule has 2 N–H and O–H groups in total. The minimum absolute atomic E-state index is 0.0340. The highest BCUT2D eigenvalue weighted by molar-refractivity contribution is 5.81. The molecule has 1 atom stereocenters. The molecule has 0 aliphatic heterocycles. The number of hydrogen-bond acceptors (Lipinski definition) is 8. The second-order valence-electron chi connectivity index (χ2n) is 8.77. The third kappa shape index (κ3) is 10.8. The molecule has 3 aromatic carbocycles. The van der Waals surface area contributed by atoms with Crippen molar-refractivity contribution in [1.29, 1.82) is 0 Å². The number of non-ortho nitro benzene ring substituents is 1. The number of esters is 1. The summed E-state index contributed by atoms with van der Waals surface area (Å²) in [6.45, 7) is 0.385. The van der Waals surface area contributed by atoms with Crippen LogP contribution in [0.3, 0.4) is 0 Å². The third-order valence-corrected chi connectivity index (χ3v) is 5.72. The fraction of sp³-hybridized carbons (Fsp3) is 0.276. The van der Waals surface area contributed by atoms with Crippen LogP contribution in [0.4, 0.5) is 15.3 Å². The Hall–Kier alpha value is -4.93. The Bertz CT molecular complexity index is 1240. The summed E-state index contributed by atoms with van der Waals surface area (Å²) >= 11 is 0. The van der Waals surface area contributed by atoms with E-state index in [4.69, 9.17) is 14.2 Å². The van der Waals surface area contributed by atoms with E-state index in [1.165, 1.54) is 24.3 Å². The van der Waals surface area contributed by atoms with Crippen LogP contribution in [0.15, 0.2) is 84.9 Å². The Kier molecular flexibility index (Phi) is 11.9. The van der Waals surface area contributed by atoms with E-state index < -0.39 is 29.1 Å². The van der Waals surface area contributed by atoms with E-state index in [0.717, 1.165) is 11.1 Å². The molecule has 11 nitrogen and oxygen atoms in total. The van der Waals surface area contributed by atoms with E-state index in [1.807, 2.05) is 48.5 Å². The van der Waals surface area contributed by atoms with Crippen molar-refractivity contribution in [3.63, 3.8) is 0 Å². The number of nitrogens with one attached hydrogen (secondary N) is 2. The Morgan fingerprint density at radius 1 is 0.700 bits per heavy atom. The Morgan fingerprint density at radius 2 is 1.23 bits per heavy atom. The first-order valence-electron chi connectivity index (χ1n) is 12.7. The van der Waals surface area contributed by atoms with Crippen LogP contribution in [0.2, 0.25) is 0 Å². The van der Waals surface area contributed by atoms with Gasteiger partial charge in [-0.2, -0.15) is 0 Å². The van der Waals surface area contributed by atoms with Gasteiger partial charge in [0.25, 0.3) is 5.69 Å². The molecule has 0 saturated heterocycles. The molecule has 210 valence electrons. The minimum Gasteiger partial charge on any atom is -0.459 e. The fourth-order valence-corrected chi connectivity index (χ4v) is 3.56. The van der Waals surface area contributed by atoms with E-state index in [0.29, 0.717) is 24.9 Å². The zero-order valence-electron chi connectivity index (χ0n) is 21.8. The van der Waals surface area contributed by atoms with Crippen LogP contribution in [0, 0.1) is 10.1 Å². The van der Waals surface area contributed by atoms with Crippen LogP contribution >= 0.6 is 0 Å². The normalized spacial score (nSPS) is 11.1. The van der Waals surface area contributed by atoms with Crippen molar-refractivity contribution in [2.45, 2.75) is 45.1 Å². The third-order valence-electron chi connectivity index (χ3n) is 5.72. The van der Waals surface area contributed by atoms with E-state index in [1.54, 1.807) is 12.1 Å². The van der Waals surface area contributed by atoms with Gasteiger partial charge in [0.15, 0.2) is 0 Å². The number of alkyl carbamates (subject to hydrolysis) is 2. The van der Waals surface area contributed by atoms with Gasteiger partial charge in [-0.1, -0.05) is 60.7 Å². The predicted octanol–water partition coefficient (Wildman–Crippen LogP) is 5.03. The van der Waals surface area contributed by atoms with Crippen molar-refractivity contribution in [3.05, 3.63) is 112 Å². The summed E-state index contributed by atoms with van der Waals surface area (Å²) in [4.78, 5) is 47.4. The Morgan fingerprint density at radius 3 is 1.80 bits per heavy atom. The number of nitrogens with zero attached hydrogens (tertiary/aromatic N) is 1. The first-order valence-corrected chi connectivity index (χ1v) is 12.7. The molecule has 0 aliphatic carbocycles. The van der Waals surface area contributed by atoms with Gasteiger partial charge in [-0.05, 0) is 48.1 Å². The maximum Gasteiger partial charge on any atom is 0.408 e. The highest BCUT2D eigenvalue weighted by Crippen LogP contribution is 2.13. The molecule has 0 bridgehead atoms. The number of amides is 2. The molecule has 11 heteroatoms. The first kappa shape index (κ1) is 29.6. The number of nitro groups is 1. The number of unbranched alkanes of at least 4 members (excludes halogenated alkanes) is 1. The Labute approximate surface area is 231 Å². The smallest absolute Gasteiger partial charge is 0.408 e. The van der Waals surface area contributed by atoms with Crippen molar-refractivity contribution in [2.75, 3.05) is 6.54 Å². The first-order chi connectivity index (χ1) is 19.4. The summed E-state index contributed by atoms with van der Waals surface area (Å²) in [5.74, 6) is -0.676. The zero-order chi connectivity index (χ0) is 28.6. The summed E-state index contributed by atoms with van der Waals surface area (Å²) < 4.78 is 15.8. The Balaban J connectivity index is 1.46. The van der Waals surface area contributed by atoms with Crippen molar-refractivity contribution in [2.24, 2.45) is 0 Å². The molecular weight excluding hydrogens is 518 g/mol. The maximum atomic E-state index is 12.8. The molecular formula is C29H31N3O8. The van der Waals surface area contributed by atoms with Crippen LogP contribution in [0.5, 0.6) is 0 Å². The second kappa shape index (κ2) is 16.1. The van der Waals surface area contributed by atoms with Gasteiger partial charge >= 0.3 is 18.2 Å². The lowest BCUT2D eigenvalue weighted by molar-refractivity contribution is -0.384. The van der Waals surface area contributed by atoms with Gasteiger partial charge in [-0.3, -0.25) is 10.1 Å². The molecule has 0 unspecified atom stereocenters. The monoisotopic (exact) mass is 549 g/mol. The number of nitro benzene ring substituents is 1. The van der Waals surface area contributed by atoms with E-state index in [2.05, 4.69) is 10.6 Å². The van der Waals surface area contributed by atoms with Gasteiger partial charge in [-0.15, -0.1) is 0 Å². The van der Waals surface area contributed by atoms with Crippen LogP contribution in [0.25, 0.3) is 0 Å². The number of hydrogen-bond donors (Lipinski definition) is 2. The van der Waals surface area contributed by atoms with Gasteiger partial charge in [0, 0.05) is 18.7 Å². The summed E-state index contributed by atoms with van der Waals surface area (Å²) in [5.41, 5.74) is 2.15. The molecule has 3 aromatic rings. The van der Waals surface area contributed by atoms with Crippen molar-refractivity contribution < 1.29 is 33.5 Å². The molecule has 0 heterocycles. The van der Waals surface area contributed by atoms with Crippen LogP contribution in [-0.2, 0) is 38.8 Å². The number of ether oxygens (including phenoxy) is 3. The highest BCUT2D eigenvalue weighted by atomic mass is 16.6. The molecule has 0 saturated carbocycles. The predicted molar refractivity (Wildman–Crippen MR) is 145 cm³/mol. The van der Waals surface area contributed by atoms with Gasteiger partial charge in [0.05, 0.1) is 4.92 Å². The van der Waals surface area contributed by atoms with Gasteiger partial charge in [0.1, 0.15) is 25.9 Å². The summed E-state index contributed by atoms with van der Waals surface area (Å²) in [6.07, 6.45) is -0.0858. The average molecular weight is 550 g/mol. The number of rotatable bonds is 14. The van der Waals surface area contributed by atoms with Crippen LogP contribution < -0.4 is 10.6 Å². The fourth-order valence-electron chi connectivity index (χ4n) is 3.56. The minimum atomic E-state index is -0.994. The highest BCUT2D eigenvalue weighted by Gasteiger charge is 2.23. The molecule has 2 amide bonds. The number of benzene rings is 3. The number of carbonyl (C=O) groups is 3. The summed E-state index contributed by atoms with van der Waals surface area (Å²) in [7, 11) is 0. The quantitative estimate of drug-likeness (QED) is 0.0936. The molecule has 3 rings (SSSR count). The lowest BCUT2D eigenvalue weighted by Crippen LogP contribution is -2.42. The van der Waals surface area contributed by atoms with Crippen molar-refractivity contribution >= 4 is 23.8 Å². The van der Waals surface area contributed by atoms with Gasteiger partial charge < -0.3 is 24.8 Å². The SMILES string of the molecule is O=C(NCCCC[C@@H](NC(=O)OCc1ccccc1)C(=O)OCc1ccc([N+](=O)[O-])cc1)OCc1ccccc1. The van der Waals surface area contributed by atoms with Crippen LogP contribution in [0.1, 0.15) is 36.0 Å². The lowest BCUT2D eigenvalue weighted by Gasteiger charge is -2.18. The summed E-state index contributed by atoms with van der Waals surface area (Å²) in [5, 5.41) is 16.0.